The number of carbonyl (C=O) groups is 2. The van der Waals surface area contributed by atoms with E-state index in [1.54, 1.807) is 13.0 Å². The molecule has 13 heteroatoms. The number of rotatable bonds is 6. The number of ether oxygens (including phenoxy) is 1. The van der Waals surface area contributed by atoms with Gasteiger partial charge in [-0.05, 0) is 76.9 Å². The molecule has 4 heterocycles. The smallest absolute Gasteiger partial charge is 0.299 e. The first-order chi connectivity index (χ1) is 21.2. The summed E-state index contributed by atoms with van der Waals surface area (Å²) in [7, 11) is 2.09. The quantitative estimate of drug-likeness (QED) is 0.279. The summed E-state index contributed by atoms with van der Waals surface area (Å²) in [4.78, 5) is 47.0. The van der Waals surface area contributed by atoms with E-state index in [0.29, 0.717) is 60.5 Å². The summed E-state index contributed by atoms with van der Waals surface area (Å²) in [5.74, 6) is 5.18. The highest BCUT2D eigenvalue weighted by molar-refractivity contribution is 7.16. The lowest BCUT2D eigenvalue weighted by atomic mass is 9.85. The van der Waals surface area contributed by atoms with E-state index in [4.69, 9.17) is 21.2 Å². The number of hydrogen-bond acceptors (Lipinski definition) is 10. The molecule has 1 saturated carbocycles. The molecular weight excluding hydrogens is 578 g/mol. The number of amides is 2. The molecule has 2 amide bonds. The molecule has 0 aromatic carbocycles. The van der Waals surface area contributed by atoms with E-state index in [0.717, 1.165) is 49.9 Å². The number of carbonyl (C=O) groups excluding carboxylic acids is 2. The third-order valence-corrected chi connectivity index (χ3v) is 10.3. The first-order valence-corrected chi connectivity index (χ1v) is 16.0. The fourth-order valence-electron chi connectivity index (χ4n) is 6.66. The number of aryl methyl sites for hydroxylation is 1. The molecule has 2 unspecified atom stereocenters. The van der Waals surface area contributed by atoms with Crippen LogP contribution in [0.25, 0.3) is 0 Å². The summed E-state index contributed by atoms with van der Waals surface area (Å²) < 4.78 is 6.20. The molecule has 2 aromatic rings. The maximum atomic E-state index is 13.5. The minimum absolute atomic E-state index is 0.104. The number of aromatic nitrogens is 2. The zero-order valence-corrected chi connectivity index (χ0v) is 26.0. The number of likely N-dealkylation sites (N-methyl/N-ethyl adjacent to an activating group) is 1. The molecule has 2 atom stereocenters. The molecule has 2 aliphatic carbocycles. The van der Waals surface area contributed by atoms with Gasteiger partial charge in [-0.1, -0.05) is 5.92 Å². The first kappa shape index (κ1) is 29.9. The zero-order chi connectivity index (χ0) is 31.0. The van der Waals surface area contributed by atoms with Crippen LogP contribution in [0.4, 0.5) is 10.8 Å². The van der Waals surface area contributed by atoms with Gasteiger partial charge in [0.1, 0.15) is 23.5 Å². The Morgan fingerprint density at radius 2 is 2.05 bits per heavy atom. The van der Waals surface area contributed by atoms with E-state index in [9.17, 15) is 14.9 Å². The number of fused-ring (bicyclic) bond motifs is 1. The number of amidine groups is 1. The van der Waals surface area contributed by atoms with Gasteiger partial charge in [-0.2, -0.15) is 15.2 Å². The summed E-state index contributed by atoms with van der Waals surface area (Å²) >= 11 is 1.36. The maximum Gasteiger partial charge on any atom is 0.299 e. The molecule has 4 aliphatic rings. The van der Waals surface area contributed by atoms with Gasteiger partial charge in [-0.25, -0.2) is 4.98 Å². The van der Waals surface area contributed by atoms with Crippen LogP contribution in [0.3, 0.4) is 0 Å². The molecule has 0 radical (unpaired) electrons. The average Bonchev–Trinajstić information content (AvgIpc) is 3.50. The third kappa shape index (κ3) is 5.70. The van der Waals surface area contributed by atoms with Crippen LogP contribution in [0, 0.1) is 23.2 Å². The minimum Gasteiger partial charge on any atom is -0.476 e. The van der Waals surface area contributed by atoms with Crippen molar-refractivity contribution in [2.24, 2.45) is 10.7 Å². The molecule has 2 saturated heterocycles. The molecule has 1 spiro atoms. The molecule has 6 rings (SSSR count). The molecule has 4 N–H and O–H groups in total. The van der Waals surface area contributed by atoms with Gasteiger partial charge in [-0.3, -0.25) is 9.59 Å². The van der Waals surface area contributed by atoms with Crippen molar-refractivity contribution >= 4 is 39.8 Å². The van der Waals surface area contributed by atoms with Crippen LogP contribution >= 0.6 is 11.3 Å². The van der Waals surface area contributed by atoms with E-state index < -0.39 is 11.8 Å². The van der Waals surface area contributed by atoms with Gasteiger partial charge in [0.2, 0.25) is 11.7 Å². The molecule has 2 aliphatic heterocycles. The lowest BCUT2D eigenvalue weighted by molar-refractivity contribution is -0.128. The molecule has 0 bridgehead atoms. The van der Waals surface area contributed by atoms with Crippen molar-refractivity contribution in [2.75, 3.05) is 50.5 Å². The highest BCUT2D eigenvalue weighted by Crippen LogP contribution is 2.45. The van der Waals surface area contributed by atoms with Crippen molar-refractivity contribution in [3.8, 4) is 23.8 Å². The molecular formula is C31H37N9O3S. The van der Waals surface area contributed by atoms with Crippen LogP contribution < -0.4 is 21.1 Å². The second-order valence-corrected chi connectivity index (χ2v) is 13.2. The number of nitrogen functional groups attached to an aromatic ring is 1. The number of likely N-dealkylation sites (tertiary alicyclic amines) is 1. The van der Waals surface area contributed by atoms with Gasteiger partial charge in [0.15, 0.2) is 5.84 Å². The van der Waals surface area contributed by atoms with Crippen LogP contribution in [0.5, 0.6) is 5.88 Å². The van der Waals surface area contributed by atoms with Crippen LogP contribution in [0.2, 0.25) is 0 Å². The monoisotopic (exact) mass is 615 g/mol. The molecule has 230 valence electrons. The second kappa shape index (κ2) is 12.1. The lowest BCUT2D eigenvalue weighted by Gasteiger charge is -2.41. The van der Waals surface area contributed by atoms with Gasteiger partial charge in [-0.15, -0.1) is 11.3 Å². The van der Waals surface area contributed by atoms with Crippen molar-refractivity contribution in [2.45, 2.75) is 69.4 Å². The summed E-state index contributed by atoms with van der Waals surface area (Å²) in [5, 5.41) is 10.1. The Kier molecular flexibility index (Phi) is 8.18. The van der Waals surface area contributed by atoms with Crippen LogP contribution in [-0.4, -0.2) is 88.8 Å². The minimum atomic E-state index is -0.594. The summed E-state index contributed by atoms with van der Waals surface area (Å²) in [6, 6.07) is 4.24. The Bertz CT molecular complexity index is 1610. The standard InChI is InChI=1S/C31H37N9O3S/c1-3-6-25(41)40-14-13-39(18-31(40)10-11-31)23-15-24(43-17-19-7-5-12-38(19)2)36-29(35-23)27(33)37-30(42)20-8-4-9-22-26(20)21(16-32)28(34)44-22/h15,19-20H,4-5,7-14,17-18,34H2,1-2H3,(H2,33,37,42). The summed E-state index contributed by atoms with van der Waals surface area (Å²) in [6.45, 7) is 4.83. The first-order valence-electron chi connectivity index (χ1n) is 15.1. The highest BCUT2D eigenvalue weighted by Gasteiger charge is 2.53. The summed E-state index contributed by atoms with van der Waals surface area (Å²) in [6.07, 6.45) is 6.09. The van der Waals surface area contributed by atoms with Crippen molar-refractivity contribution in [3.63, 3.8) is 0 Å². The predicted molar refractivity (Wildman–Crippen MR) is 167 cm³/mol. The zero-order valence-electron chi connectivity index (χ0n) is 25.1. The van der Waals surface area contributed by atoms with E-state index in [1.165, 1.54) is 11.3 Å². The Labute approximate surface area is 261 Å². The second-order valence-electron chi connectivity index (χ2n) is 12.0. The number of nitrogens with zero attached hydrogens (tertiary/aromatic N) is 7. The Balaban J connectivity index is 1.29. The number of hydrogen-bond donors (Lipinski definition) is 2. The van der Waals surface area contributed by atoms with Gasteiger partial charge in [0, 0.05) is 36.6 Å². The lowest BCUT2D eigenvalue weighted by Crippen LogP contribution is -2.57. The Hall–Kier alpha value is -4.20. The number of aliphatic imine (C=N–C) groups is 1. The topological polar surface area (TPSA) is 167 Å². The largest absolute Gasteiger partial charge is 0.476 e. The van der Waals surface area contributed by atoms with Crippen LogP contribution in [0.15, 0.2) is 11.1 Å². The molecule has 12 nitrogen and oxygen atoms in total. The van der Waals surface area contributed by atoms with E-state index in [-0.39, 0.29) is 29.1 Å². The Morgan fingerprint density at radius 3 is 2.75 bits per heavy atom. The van der Waals surface area contributed by atoms with Gasteiger partial charge < -0.3 is 30.9 Å². The fourth-order valence-corrected chi connectivity index (χ4v) is 7.78. The molecule has 3 fully saturated rings. The van der Waals surface area contributed by atoms with Crippen molar-refractivity contribution in [3.05, 3.63) is 27.9 Å². The molecule has 2 aromatic heterocycles. The fraction of sp³-hybridized carbons (Fsp3) is 0.548. The van der Waals surface area contributed by atoms with Crippen molar-refractivity contribution in [1.82, 2.24) is 19.8 Å². The predicted octanol–water partition coefficient (Wildman–Crippen LogP) is 2.02. The number of nitriles is 1. The highest BCUT2D eigenvalue weighted by atomic mass is 32.1. The third-order valence-electron chi connectivity index (χ3n) is 9.23. The summed E-state index contributed by atoms with van der Waals surface area (Å²) in [5.41, 5.74) is 13.3. The van der Waals surface area contributed by atoms with Gasteiger partial charge in [0.25, 0.3) is 11.8 Å². The van der Waals surface area contributed by atoms with Gasteiger partial charge in [0.05, 0.1) is 17.0 Å². The van der Waals surface area contributed by atoms with Crippen LogP contribution in [0.1, 0.15) is 73.2 Å². The maximum absolute atomic E-state index is 13.5. The average molecular weight is 616 g/mol. The number of nitrogens with two attached hydrogens (primary N) is 2. The normalized spacial score (nSPS) is 22.6. The molecule has 44 heavy (non-hydrogen) atoms. The van der Waals surface area contributed by atoms with E-state index in [1.807, 2.05) is 4.90 Å². The van der Waals surface area contributed by atoms with Crippen molar-refractivity contribution in [1.29, 1.82) is 5.26 Å². The van der Waals surface area contributed by atoms with Gasteiger partial charge >= 0.3 is 0 Å². The van der Waals surface area contributed by atoms with Crippen molar-refractivity contribution < 1.29 is 14.3 Å². The number of piperazine rings is 1. The van der Waals surface area contributed by atoms with E-state index in [2.05, 4.69) is 44.7 Å². The number of thiophene rings is 1. The number of anilines is 2. The SMILES string of the molecule is CC#CC(=O)N1CCN(c2cc(OCC3CCCN3C)nc(C(N)=NC(=O)C3CCCc4sc(N)c(C#N)c43)n2)CC12CC2. The van der Waals surface area contributed by atoms with Crippen LogP contribution in [-0.2, 0) is 16.0 Å². The Morgan fingerprint density at radius 1 is 1.23 bits per heavy atom. The van der Waals surface area contributed by atoms with E-state index >= 15 is 0 Å².